The molecule has 0 spiro atoms. The summed E-state index contributed by atoms with van der Waals surface area (Å²) in [5.41, 5.74) is 2.96. The second-order valence-corrected chi connectivity index (χ2v) is 5.35. The lowest BCUT2D eigenvalue weighted by Gasteiger charge is -2.11. The molecule has 0 saturated heterocycles. The third-order valence-corrected chi connectivity index (χ3v) is 3.55. The maximum atomic E-state index is 3.40. The highest BCUT2D eigenvalue weighted by molar-refractivity contribution is 5.22. The molecule has 0 radical (unpaired) electrons. The van der Waals surface area contributed by atoms with E-state index in [1.807, 2.05) is 0 Å². The van der Waals surface area contributed by atoms with Gasteiger partial charge in [-0.1, -0.05) is 51.5 Å². The average Bonchev–Trinajstić information content (AvgIpc) is 2.39. The Morgan fingerprint density at radius 3 is 2.11 bits per heavy atom. The molecule has 1 nitrogen and oxygen atoms in total. The molecule has 0 bridgehead atoms. The maximum absolute atomic E-state index is 3.40. The topological polar surface area (TPSA) is 12.0 Å². The number of nitrogens with one attached hydrogen (secondary N) is 1. The summed E-state index contributed by atoms with van der Waals surface area (Å²) >= 11 is 0. The van der Waals surface area contributed by atoms with Crippen molar-refractivity contribution in [2.24, 2.45) is 5.92 Å². The molecule has 0 amide bonds. The van der Waals surface area contributed by atoms with Gasteiger partial charge in [0.2, 0.25) is 0 Å². The summed E-state index contributed by atoms with van der Waals surface area (Å²) in [6.07, 6.45) is 6.26. The first-order valence-corrected chi connectivity index (χ1v) is 7.54. The van der Waals surface area contributed by atoms with E-state index in [1.54, 1.807) is 0 Å². The van der Waals surface area contributed by atoms with Gasteiger partial charge in [0.1, 0.15) is 0 Å². The van der Waals surface area contributed by atoms with E-state index in [-0.39, 0.29) is 0 Å². The molecule has 0 heterocycles. The highest BCUT2D eigenvalue weighted by Crippen LogP contribution is 2.13. The van der Waals surface area contributed by atoms with Gasteiger partial charge in [0.25, 0.3) is 0 Å². The Morgan fingerprint density at radius 1 is 0.944 bits per heavy atom. The molecule has 1 aromatic rings. The number of rotatable bonds is 9. The Morgan fingerprint density at radius 2 is 1.56 bits per heavy atom. The molecule has 0 aromatic heterocycles. The van der Waals surface area contributed by atoms with Gasteiger partial charge in [0, 0.05) is 0 Å². The second-order valence-electron chi connectivity index (χ2n) is 5.35. The molecule has 1 aromatic carbocycles. The summed E-state index contributed by atoms with van der Waals surface area (Å²) in [6, 6.07) is 9.20. The van der Waals surface area contributed by atoms with Crippen LogP contribution in [-0.2, 0) is 12.8 Å². The van der Waals surface area contributed by atoms with Gasteiger partial charge in [0.05, 0.1) is 0 Å². The first-order valence-electron chi connectivity index (χ1n) is 7.54. The van der Waals surface area contributed by atoms with Crippen LogP contribution < -0.4 is 5.32 Å². The molecule has 0 fully saturated rings. The van der Waals surface area contributed by atoms with E-state index in [0.717, 1.165) is 19.0 Å². The molecule has 1 atom stereocenters. The molecular weight excluding hydrogens is 218 g/mol. The van der Waals surface area contributed by atoms with E-state index in [4.69, 9.17) is 0 Å². The third-order valence-electron chi connectivity index (χ3n) is 3.55. The zero-order valence-corrected chi connectivity index (χ0v) is 12.3. The lowest BCUT2D eigenvalue weighted by atomic mass is 9.97. The molecule has 0 saturated carbocycles. The monoisotopic (exact) mass is 247 g/mol. The zero-order valence-electron chi connectivity index (χ0n) is 12.3. The molecule has 18 heavy (non-hydrogen) atoms. The van der Waals surface area contributed by atoms with Crippen molar-refractivity contribution in [3.63, 3.8) is 0 Å². The summed E-state index contributed by atoms with van der Waals surface area (Å²) in [7, 11) is 0. The summed E-state index contributed by atoms with van der Waals surface area (Å²) in [5.74, 6) is 0.819. The zero-order chi connectivity index (χ0) is 13.2. The van der Waals surface area contributed by atoms with Crippen LogP contribution in [0.15, 0.2) is 24.3 Å². The van der Waals surface area contributed by atoms with Crippen LogP contribution in [0.3, 0.4) is 0 Å². The van der Waals surface area contributed by atoms with Crippen molar-refractivity contribution in [3.8, 4) is 0 Å². The van der Waals surface area contributed by atoms with Crippen LogP contribution in [0, 0.1) is 5.92 Å². The minimum absolute atomic E-state index is 0.819. The van der Waals surface area contributed by atoms with E-state index in [1.165, 1.54) is 43.2 Å². The van der Waals surface area contributed by atoms with Gasteiger partial charge >= 0.3 is 0 Å². The fourth-order valence-electron chi connectivity index (χ4n) is 2.24. The lowest BCUT2D eigenvalue weighted by molar-refractivity contribution is 0.474. The minimum Gasteiger partial charge on any atom is -0.317 e. The summed E-state index contributed by atoms with van der Waals surface area (Å²) in [6.45, 7) is 9.02. The minimum atomic E-state index is 0.819. The summed E-state index contributed by atoms with van der Waals surface area (Å²) in [4.78, 5) is 0. The number of hydrogen-bond donors (Lipinski definition) is 1. The molecule has 0 aliphatic carbocycles. The average molecular weight is 247 g/mol. The summed E-state index contributed by atoms with van der Waals surface area (Å²) in [5, 5.41) is 3.40. The Bertz CT molecular complexity index is 302. The number of benzene rings is 1. The molecule has 1 N–H and O–H groups in total. The van der Waals surface area contributed by atoms with Gasteiger partial charge in [-0.25, -0.2) is 0 Å². The fraction of sp³-hybridized carbons (Fsp3) is 0.647. The molecular formula is C17H29N. The quantitative estimate of drug-likeness (QED) is 0.645. The summed E-state index contributed by atoms with van der Waals surface area (Å²) < 4.78 is 0. The van der Waals surface area contributed by atoms with Gasteiger partial charge < -0.3 is 5.32 Å². The number of hydrogen-bond acceptors (Lipinski definition) is 1. The second kappa shape index (κ2) is 9.16. The predicted molar refractivity (Wildman–Crippen MR) is 81.1 cm³/mol. The molecule has 102 valence electrons. The van der Waals surface area contributed by atoms with Gasteiger partial charge in [0.15, 0.2) is 0 Å². The highest BCUT2D eigenvalue weighted by atomic mass is 14.8. The normalized spacial score (nSPS) is 12.6. The predicted octanol–water partition coefficient (Wildman–Crippen LogP) is 4.21. The van der Waals surface area contributed by atoms with Crippen LogP contribution in [0.5, 0.6) is 0 Å². The van der Waals surface area contributed by atoms with E-state index in [2.05, 4.69) is 50.4 Å². The smallest absolute Gasteiger partial charge is 0.00465 e. The first-order chi connectivity index (χ1) is 8.76. The first kappa shape index (κ1) is 15.2. The molecule has 1 unspecified atom stereocenters. The van der Waals surface area contributed by atoms with Crippen LogP contribution in [0.2, 0.25) is 0 Å². The number of aryl methyl sites for hydroxylation is 2. The fourth-order valence-corrected chi connectivity index (χ4v) is 2.24. The van der Waals surface area contributed by atoms with E-state index in [0.29, 0.717) is 0 Å². The lowest BCUT2D eigenvalue weighted by Crippen LogP contribution is -2.16. The van der Waals surface area contributed by atoms with E-state index in [9.17, 15) is 0 Å². The van der Waals surface area contributed by atoms with Crippen LogP contribution in [0.4, 0.5) is 0 Å². The van der Waals surface area contributed by atoms with Crippen molar-refractivity contribution in [1.82, 2.24) is 5.32 Å². The molecule has 1 rings (SSSR count). The van der Waals surface area contributed by atoms with Crippen LogP contribution in [-0.4, -0.2) is 13.1 Å². The van der Waals surface area contributed by atoms with Crippen molar-refractivity contribution in [3.05, 3.63) is 35.4 Å². The van der Waals surface area contributed by atoms with Crippen molar-refractivity contribution in [2.45, 2.75) is 52.9 Å². The van der Waals surface area contributed by atoms with Gasteiger partial charge in [-0.05, 0) is 55.8 Å². The van der Waals surface area contributed by atoms with E-state index >= 15 is 0 Å². The van der Waals surface area contributed by atoms with E-state index < -0.39 is 0 Å². The molecule has 1 heteroatoms. The third kappa shape index (κ3) is 6.20. The highest BCUT2D eigenvalue weighted by Gasteiger charge is 2.02. The Kier molecular flexibility index (Phi) is 7.75. The van der Waals surface area contributed by atoms with Crippen LogP contribution in [0.25, 0.3) is 0 Å². The largest absolute Gasteiger partial charge is 0.317 e. The van der Waals surface area contributed by atoms with Gasteiger partial charge in [-0.15, -0.1) is 0 Å². The van der Waals surface area contributed by atoms with Crippen LogP contribution >= 0.6 is 0 Å². The van der Waals surface area contributed by atoms with Crippen molar-refractivity contribution in [1.29, 1.82) is 0 Å². The molecule has 0 aliphatic rings. The maximum Gasteiger partial charge on any atom is -0.00465 e. The van der Waals surface area contributed by atoms with Crippen molar-refractivity contribution >= 4 is 0 Å². The van der Waals surface area contributed by atoms with Crippen molar-refractivity contribution in [2.75, 3.05) is 13.1 Å². The van der Waals surface area contributed by atoms with Gasteiger partial charge in [-0.2, -0.15) is 0 Å². The molecule has 0 aliphatic heterocycles. The Balaban J connectivity index is 2.25. The SMILES string of the molecule is CCCc1ccc(CCC(C)CCNCC)cc1. The van der Waals surface area contributed by atoms with Gasteiger partial charge in [-0.3, -0.25) is 0 Å². The van der Waals surface area contributed by atoms with Crippen molar-refractivity contribution < 1.29 is 0 Å². The Labute approximate surface area is 113 Å². The van der Waals surface area contributed by atoms with Crippen LogP contribution in [0.1, 0.15) is 51.2 Å². The Hall–Kier alpha value is -0.820. The standard InChI is InChI=1S/C17H29N/c1-4-6-16-9-11-17(12-10-16)8-7-15(3)13-14-18-5-2/h9-12,15,18H,4-8,13-14H2,1-3H3.